The number of urea groups is 1. The van der Waals surface area contributed by atoms with Crippen LogP contribution in [0.2, 0.25) is 0 Å². The normalized spacial score (nSPS) is 14.2. The fourth-order valence-corrected chi connectivity index (χ4v) is 0.573. The van der Waals surface area contributed by atoms with Crippen molar-refractivity contribution < 1.29 is 4.79 Å². The summed E-state index contributed by atoms with van der Waals surface area (Å²) in [6, 6.07) is -0.223. The molecule has 0 aromatic heterocycles. The van der Waals surface area contributed by atoms with Gasteiger partial charge < -0.3 is 10.6 Å². The molecule has 0 saturated heterocycles. The summed E-state index contributed by atoms with van der Waals surface area (Å²) in [5, 5.41) is 5.36. The zero-order valence-electron chi connectivity index (χ0n) is 7.63. The lowest BCUT2D eigenvalue weighted by molar-refractivity contribution is 0.238. The topological polar surface area (TPSA) is 41.1 Å². The molecule has 3 nitrogen and oxygen atoms in total. The number of carbonyl (C=O) groups excluding carboxylic acids is 1. The van der Waals surface area contributed by atoms with Crippen molar-refractivity contribution in [1.82, 2.24) is 10.6 Å². The average molecular weight is 168 g/mol. The Labute approximate surface area is 73.5 Å². The molecule has 0 heterocycles. The highest BCUT2D eigenvalue weighted by atomic mass is 16.2. The minimum atomic E-state index is -0.199. The number of rotatable bonds is 4. The van der Waals surface area contributed by atoms with Crippen LogP contribution >= 0.6 is 0 Å². The van der Waals surface area contributed by atoms with Crippen molar-refractivity contribution in [2.24, 2.45) is 0 Å². The largest absolute Gasteiger partial charge is 0.332 e. The zero-order chi connectivity index (χ0) is 9.56. The minimum Gasteiger partial charge on any atom is -0.332 e. The summed E-state index contributed by atoms with van der Waals surface area (Å²) in [6.45, 7) is 10.8. The number of carbonyl (C=O) groups is 1. The molecule has 0 rings (SSSR count). The predicted molar refractivity (Wildman–Crippen MR) is 51.0 cm³/mol. The zero-order valence-corrected chi connectivity index (χ0v) is 7.63. The third kappa shape index (κ3) is 4.55. The van der Waals surface area contributed by atoms with Gasteiger partial charge >= 0.3 is 6.03 Å². The van der Waals surface area contributed by atoms with Crippen LogP contribution in [-0.4, -0.2) is 18.1 Å². The van der Waals surface area contributed by atoms with E-state index in [1.165, 1.54) is 0 Å². The lowest BCUT2D eigenvalue weighted by Gasteiger charge is -2.13. The van der Waals surface area contributed by atoms with Gasteiger partial charge in [-0.1, -0.05) is 12.2 Å². The van der Waals surface area contributed by atoms with Gasteiger partial charge in [0, 0.05) is 12.1 Å². The molecular formula is C9H16N2O. The maximum atomic E-state index is 11.1. The van der Waals surface area contributed by atoms with Crippen molar-refractivity contribution in [3.8, 4) is 0 Å². The van der Waals surface area contributed by atoms with E-state index in [9.17, 15) is 4.79 Å². The van der Waals surface area contributed by atoms with Gasteiger partial charge in [0.05, 0.1) is 0 Å². The van der Waals surface area contributed by atoms with E-state index in [1.807, 2.05) is 13.8 Å². The molecule has 3 heteroatoms. The van der Waals surface area contributed by atoms with E-state index in [0.29, 0.717) is 0 Å². The second kappa shape index (κ2) is 5.41. The average Bonchev–Trinajstić information content (AvgIpc) is 2.03. The van der Waals surface area contributed by atoms with Gasteiger partial charge in [-0.3, -0.25) is 0 Å². The van der Waals surface area contributed by atoms with Crippen molar-refractivity contribution >= 4 is 6.03 Å². The molecule has 0 bridgehead atoms. The second-order valence-electron chi connectivity index (χ2n) is 2.67. The lowest BCUT2D eigenvalue weighted by Crippen LogP contribution is -2.43. The standard InChI is InChI=1S/C9H16N2O/c1-5-7(3)10-9(12)11-8(4)6-2/h5-8H,1-2H2,3-4H3,(H2,10,11,12). The number of amides is 2. The molecule has 0 aliphatic heterocycles. The monoisotopic (exact) mass is 168 g/mol. The van der Waals surface area contributed by atoms with Crippen LogP contribution in [0.1, 0.15) is 13.8 Å². The van der Waals surface area contributed by atoms with Gasteiger partial charge in [0.15, 0.2) is 0 Å². The molecule has 2 N–H and O–H groups in total. The number of hydrogen-bond acceptors (Lipinski definition) is 1. The Balaban J connectivity index is 3.73. The highest BCUT2D eigenvalue weighted by Crippen LogP contribution is 1.84. The summed E-state index contributed by atoms with van der Waals surface area (Å²) >= 11 is 0. The summed E-state index contributed by atoms with van der Waals surface area (Å²) in [4.78, 5) is 11.1. The molecule has 2 amide bonds. The third-order valence-electron chi connectivity index (χ3n) is 1.42. The summed E-state index contributed by atoms with van der Waals surface area (Å²) in [5.41, 5.74) is 0. The van der Waals surface area contributed by atoms with Crippen LogP contribution in [0.15, 0.2) is 25.3 Å². The Morgan fingerprint density at radius 2 is 1.50 bits per heavy atom. The molecule has 12 heavy (non-hydrogen) atoms. The van der Waals surface area contributed by atoms with Gasteiger partial charge in [-0.05, 0) is 13.8 Å². The minimum absolute atomic E-state index is 0.0120. The molecular weight excluding hydrogens is 152 g/mol. The quantitative estimate of drug-likeness (QED) is 0.613. The van der Waals surface area contributed by atoms with E-state index in [1.54, 1.807) is 12.2 Å². The molecule has 0 aliphatic rings. The Bertz CT molecular complexity index is 159. The third-order valence-corrected chi connectivity index (χ3v) is 1.42. The second-order valence-corrected chi connectivity index (χ2v) is 2.67. The van der Waals surface area contributed by atoms with Crippen LogP contribution in [0.25, 0.3) is 0 Å². The predicted octanol–water partition coefficient (Wildman–Crippen LogP) is 1.43. The van der Waals surface area contributed by atoms with Crippen molar-refractivity contribution in [3.05, 3.63) is 25.3 Å². The van der Waals surface area contributed by atoms with Gasteiger partial charge in [-0.25, -0.2) is 4.79 Å². The summed E-state index contributed by atoms with van der Waals surface area (Å²) in [6.07, 6.45) is 3.33. The van der Waals surface area contributed by atoms with E-state index in [2.05, 4.69) is 23.8 Å². The molecule has 0 aromatic carbocycles. The van der Waals surface area contributed by atoms with E-state index >= 15 is 0 Å². The summed E-state index contributed by atoms with van der Waals surface area (Å²) in [5.74, 6) is 0. The SMILES string of the molecule is C=CC(C)NC(=O)NC(C)C=C. The van der Waals surface area contributed by atoms with Crippen LogP contribution < -0.4 is 10.6 Å². The highest BCUT2D eigenvalue weighted by molar-refractivity contribution is 5.74. The van der Waals surface area contributed by atoms with Crippen LogP contribution in [-0.2, 0) is 0 Å². The molecule has 0 spiro atoms. The van der Waals surface area contributed by atoms with Crippen molar-refractivity contribution in [2.75, 3.05) is 0 Å². The first kappa shape index (κ1) is 10.8. The molecule has 0 aromatic rings. The molecule has 0 aliphatic carbocycles. The van der Waals surface area contributed by atoms with Crippen LogP contribution in [0.4, 0.5) is 4.79 Å². The maximum Gasteiger partial charge on any atom is 0.315 e. The molecule has 0 fully saturated rings. The van der Waals surface area contributed by atoms with Gasteiger partial charge in [0.25, 0.3) is 0 Å². The van der Waals surface area contributed by atoms with E-state index in [-0.39, 0.29) is 18.1 Å². The van der Waals surface area contributed by atoms with Crippen LogP contribution in [0.5, 0.6) is 0 Å². The van der Waals surface area contributed by atoms with Crippen LogP contribution in [0, 0.1) is 0 Å². The Morgan fingerprint density at radius 1 is 1.17 bits per heavy atom. The van der Waals surface area contributed by atoms with Crippen molar-refractivity contribution in [2.45, 2.75) is 25.9 Å². The number of nitrogens with one attached hydrogen (secondary N) is 2. The van der Waals surface area contributed by atoms with Gasteiger partial charge in [0.1, 0.15) is 0 Å². The molecule has 68 valence electrons. The Kier molecular flexibility index (Phi) is 4.84. The molecule has 2 unspecified atom stereocenters. The fourth-order valence-electron chi connectivity index (χ4n) is 0.573. The number of hydrogen-bond donors (Lipinski definition) is 2. The van der Waals surface area contributed by atoms with Gasteiger partial charge in [-0.2, -0.15) is 0 Å². The van der Waals surface area contributed by atoms with Gasteiger partial charge in [0.2, 0.25) is 0 Å². The van der Waals surface area contributed by atoms with E-state index < -0.39 is 0 Å². The Hall–Kier alpha value is -1.25. The Morgan fingerprint density at radius 3 is 1.75 bits per heavy atom. The molecule has 0 radical (unpaired) electrons. The molecule has 0 saturated carbocycles. The lowest BCUT2D eigenvalue weighted by atomic mass is 10.3. The van der Waals surface area contributed by atoms with E-state index in [4.69, 9.17) is 0 Å². The van der Waals surface area contributed by atoms with E-state index in [0.717, 1.165) is 0 Å². The smallest absolute Gasteiger partial charge is 0.315 e. The first-order valence-corrected chi connectivity index (χ1v) is 3.92. The van der Waals surface area contributed by atoms with Gasteiger partial charge in [-0.15, -0.1) is 13.2 Å². The van der Waals surface area contributed by atoms with Crippen molar-refractivity contribution in [1.29, 1.82) is 0 Å². The maximum absolute atomic E-state index is 11.1. The summed E-state index contributed by atoms with van der Waals surface area (Å²) < 4.78 is 0. The summed E-state index contributed by atoms with van der Waals surface area (Å²) in [7, 11) is 0. The molecule has 2 atom stereocenters. The highest BCUT2D eigenvalue weighted by Gasteiger charge is 2.04. The van der Waals surface area contributed by atoms with Crippen molar-refractivity contribution in [3.63, 3.8) is 0 Å². The first-order chi connectivity index (χ1) is 5.60. The first-order valence-electron chi connectivity index (χ1n) is 3.92. The fraction of sp³-hybridized carbons (Fsp3) is 0.444. The van der Waals surface area contributed by atoms with Crippen LogP contribution in [0.3, 0.4) is 0 Å².